The molecule has 0 radical (unpaired) electrons. The molecule has 0 bridgehead atoms. The molecule has 7 heteroatoms. The van der Waals surface area contributed by atoms with Crippen molar-refractivity contribution in [1.29, 1.82) is 5.26 Å². The molecule has 0 aliphatic carbocycles. The summed E-state index contributed by atoms with van der Waals surface area (Å²) in [6.07, 6.45) is 10.7. The zero-order valence-corrected chi connectivity index (χ0v) is 23.7. The molecule has 2 aromatic heterocycles. The van der Waals surface area contributed by atoms with Crippen LogP contribution >= 0.6 is 11.8 Å². The maximum Gasteiger partial charge on any atom is 0.157 e. The first-order chi connectivity index (χ1) is 17.9. The van der Waals surface area contributed by atoms with Crippen molar-refractivity contribution >= 4 is 40.5 Å². The minimum atomic E-state index is 0.109. The normalized spacial score (nSPS) is 19.8. The molecule has 37 heavy (non-hydrogen) atoms. The van der Waals surface area contributed by atoms with Gasteiger partial charge in [0.2, 0.25) is 0 Å². The number of hydrogen-bond donors (Lipinski definition) is 0. The third kappa shape index (κ3) is 5.24. The van der Waals surface area contributed by atoms with E-state index in [1.54, 1.807) is 0 Å². The maximum atomic E-state index is 10.2. The lowest BCUT2D eigenvalue weighted by Crippen LogP contribution is -2.49. The van der Waals surface area contributed by atoms with Gasteiger partial charge in [-0.3, -0.25) is 14.3 Å². The van der Waals surface area contributed by atoms with Crippen LogP contribution in [0.4, 0.5) is 5.82 Å². The van der Waals surface area contributed by atoms with Crippen molar-refractivity contribution in [3.8, 4) is 6.07 Å². The lowest BCUT2D eigenvalue weighted by molar-refractivity contribution is 0.246. The Morgan fingerprint density at radius 3 is 2.49 bits per heavy atom. The van der Waals surface area contributed by atoms with Crippen LogP contribution in [0.2, 0.25) is 0 Å². The summed E-state index contributed by atoms with van der Waals surface area (Å²) >= 11 is 1.94. The highest BCUT2D eigenvalue weighted by atomic mass is 32.2. The van der Waals surface area contributed by atoms with E-state index in [0.717, 1.165) is 66.8 Å². The topological polar surface area (TPSA) is 59.9 Å². The van der Waals surface area contributed by atoms with Gasteiger partial charge in [-0.25, -0.2) is 4.98 Å². The fourth-order valence-electron chi connectivity index (χ4n) is 5.78. The van der Waals surface area contributed by atoms with Crippen molar-refractivity contribution in [3.63, 3.8) is 0 Å². The SMILES string of the molecule is CCCCCCCCc1c(C)c(C#N)c2nc3ccccc3n2c1N1CCN([C@@H]2N=CC(C)(C)S2)CC1. The lowest BCUT2D eigenvalue weighted by Gasteiger charge is -2.39. The summed E-state index contributed by atoms with van der Waals surface area (Å²) in [5.74, 6) is 1.25. The van der Waals surface area contributed by atoms with Crippen molar-refractivity contribution in [3.05, 3.63) is 41.0 Å². The Balaban J connectivity index is 1.50. The molecule has 0 amide bonds. The van der Waals surface area contributed by atoms with Crippen LogP contribution in [0.1, 0.15) is 76.0 Å². The van der Waals surface area contributed by atoms with Gasteiger partial charge in [0.25, 0.3) is 0 Å². The minimum Gasteiger partial charge on any atom is -0.355 e. The van der Waals surface area contributed by atoms with Gasteiger partial charge < -0.3 is 4.90 Å². The molecule has 0 N–H and O–H groups in total. The number of benzene rings is 1. The quantitative estimate of drug-likeness (QED) is 0.301. The van der Waals surface area contributed by atoms with Gasteiger partial charge in [0.05, 0.1) is 16.6 Å². The zero-order chi connectivity index (χ0) is 26.0. The van der Waals surface area contributed by atoms with Gasteiger partial charge in [-0.05, 0) is 56.9 Å². The Hall–Kier alpha value is -2.56. The number of para-hydroxylation sites is 2. The Morgan fingerprint density at radius 1 is 1.05 bits per heavy atom. The number of nitrogens with zero attached hydrogens (tertiary/aromatic N) is 6. The monoisotopic (exact) mass is 516 g/mol. The van der Waals surface area contributed by atoms with Crippen molar-refractivity contribution in [2.75, 3.05) is 31.1 Å². The predicted octanol–water partition coefficient (Wildman–Crippen LogP) is 6.57. The molecular weight excluding hydrogens is 476 g/mol. The average molecular weight is 517 g/mol. The van der Waals surface area contributed by atoms with E-state index >= 15 is 0 Å². The van der Waals surface area contributed by atoms with Gasteiger partial charge in [0, 0.05) is 37.1 Å². The molecule has 6 nitrogen and oxygen atoms in total. The van der Waals surface area contributed by atoms with Crippen LogP contribution in [0.15, 0.2) is 29.3 Å². The Labute approximate surface area is 225 Å². The number of rotatable bonds is 9. The molecule has 1 saturated heterocycles. The number of piperazine rings is 1. The number of fused-ring (bicyclic) bond motifs is 3. The number of anilines is 1. The molecule has 5 rings (SSSR count). The van der Waals surface area contributed by atoms with Gasteiger partial charge in [-0.1, -0.05) is 51.2 Å². The van der Waals surface area contributed by atoms with Gasteiger partial charge in [0.15, 0.2) is 5.65 Å². The summed E-state index contributed by atoms with van der Waals surface area (Å²) in [6, 6.07) is 10.8. The predicted molar refractivity (Wildman–Crippen MR) is 157 cm³/mol. The first kappa shape index (κ1) is 26.1. The molecule has 0 unspecified atom stereocenters. The van der Waals surface area contributed by atoms with Crippen LogP contribution in [0.3, 0.4) is 0 Å². The number of hydrogen-bond acceptors (Lipinski definition) is 6. The molecule has 1 atom stereocenters. The van der Waals surface area contributed by atoms with Crippen LogP contribution in [0.5, 0.6) is 0 Å². The lowest BCUT2D eigenvalue weighted by atomic mass is 9.97. The first-order valence-electron chi connectivity index (χ1n) is 14.0. The highest BCUT2D eigenvalue weighted by Crippen LogP contribution is 2.38. The van der Waals surface area contributed by atoms with E-state index in [1.165, 1.54) is 43.5 Å². The van der Waals surface area contributed by atoms with E-state index in [9.17, 15) is 5.26 Å². The number of aromatic nitrogens is 2. The maximum absolute atomic E-state index is 10.2. The Kier molecular flexibility index (Phi) is 7.78. The Bertz CT molecular complexity index is 1330. The molecule has 1 fully saturated rings. The van der Waals surface area contributed by atoms with Crippen molar-refractivity contribution in [1.82, 2.24) is 14.3 Å². The molecule has 3 aromatic rings. The van der Waals surface area contributed by atoms with E-state index in [1.807, 2.05) is 17.8 Å². The van der Waals surface area contributed by atoms with Crippen LogP contribution in [-0.4, -0.2) is 56.9 Å². The first-order valence-corrected chi connectivity index (χ1v) is 14.9. The van der Waals surface area contributed by atoms with Gasteiger partial charge >= 0.3 is 0 Å². The van der Waals surface area contributed by atoms with E-state index in [0.29, 0.717) is 0 Å². The molecular formula is C30H40N6S. The number of thioether (sulfide) groups is 1. The smallest absolute Gasteiger partial charge is 0.157 e. The van der Waals surface area contributed by atoms with Crippen LogP contribution in [-0.2, 0) is 6.42 Å². The van der Waals surface area contributed by atoms with E-state index in [-0.39, 0.29) is 10.2 Å². The number of nitriles is 1. The highest BCUT2D eigenvalue weighted by molar-refractivity contribution is 8.02. The van der Waals surface area contributed by atoms with Gasteiger partial charge in [-0.15, -0.1) is 11.8 Å². The summed E-state index contributed by atoms with van der Waals surface area (Å²) in [5, 5.41) is 10.2. The molecule has 4 heterocycles. The molecule has 2 aliphatic heterocycles. The number of unbranched alkanes of at least 4 members (excludes halogenated alkanes) is 5. The second kappa shape index (κ2) is 11.0. The molecule has 0 saturated carbocycles. The third-order valence-electron chi connectivity index (χ3n) is 7.83. The average Bonchev–Trinajstić information content (AvgIpc) is 3.46. The summed E-state index contributed by atoms with van der Waals surface area (Å²) in [7, 11) is 0. The fourth-order valence-corrected chi connectivity index (χ4v) is 6.92. The van der Waals surface area contributed by atoms with E-state index < -0.39 is 0 Å². The summed E-state index contributed by atoms with van der Waals surface area (Å²) < 4.78 is 2.40. The number of aliphatic imine (C=N–C) groups is 1. The summed E-state index contributed by atoms with van der Waals surface area (Å²) in [4.78, 5) is 14.8. The second-order valence-corrected chi connectivity index (χ2v) is 12.7. The third-order valence-corrected chi connectivity index (χ3v) is 9.18. The summed E-state index contributed by atoms with van der Waals surface area (Å²) in [5.41, 5.74) is 6.21. The van der Waals surface area contributed by atoms with Gasteiger partial charge in [-0.2, -0.15) is 5.26 Å². The zero-order valence-electron chi connectivity index (χ0n) is 22.8. The Morgan fingerprint density at radius 2 is 1.78 bits per heavy atom. The minimum absolute atomic E-state index is 0.109. The number of imidazole rings is 1. The fraction of sp³-hybridized carbons (Fsp3) is 0.567. The highest BCUT2D eigenvalue weighted by Gasteiger charge is 2.34. The second-order valence-electron chi connectivity index (χ2n) is 11.0. The van der Waals surface area contributed by atoms with E-state index in [4.69, 9.17) is 9.98 Å². The standard InChI is InChI=1S/C30H40N6S/c1-5-6-7-8-9-10-13-23-22(2)24(20-31)27-33-25-14-11-12-15-26(25)36(27)28(23)34-16-18-35(19-17-34)29-32-21-30(3,4)37-29/h11-12,14-15,21,29H,5-10,13,16-19H2,1-4H3/t29-/m0/s1. The van der Waals surface area contributed by atoms with Crippen molar-refractivity contribution < 1.29 is 0 Å². The van der Waals surface area contributed by atoms with Gasteiger partial charge in [0.1, 0.15) is 17.4 Å². The van der Waals surface area contributed by atoms with Crippen LogP contribution < -0.4 is 4.90 Å². The van der Waals surface area contributed by atoms with Crippen molar-refractivity contribution in [2.24, 2.45) is 4.99 Å². The van der Waals surface area contributed by atoms with Crippen LogP contribution in [0, 0.1) is 18.3 Å². The summed E-state index contributed by atoms with van der Waals surface area (Å²) in [6.45, 7) is 12.7. The largest absolute Gasteiger partial charge is 0.355 e. The molecule has 1 aromatic carbocycles. The van der Waals surface area contributed by atoms with E-state index in [2.05, 4.69) is 72.4 Å². The molecule has 0 spiro atoms. The molecule has 2 aliphatic rings. The van der Waals surface area contributed by atoms with Crippen LogP contribution in [0.25, 0.3) is 16.7 Å². The number of pyridine rings is 1. The van der Waals surface area contributed by atoms with Crippen molar-refractivity contribution in [2.45, 2.75) is 82.9 Å². The molecule has 196 valence electrons.